The number of rotatable bonds is 5. The lowest BCUT2D eigenvalue weighted by Crippen LogP contribution is -2.37. The third kappa shape index (κ3) is 3.96. The normalized spacial score (nSPS) is 22.5. The molecule has 21 heavy (non-hydrogen) atoms. The summed E-state index contributed by atoms with van der Waals surface area (Å²) < 4.78 is 11.0. The van der Waals surface area contributed by atoms with Gasteiger partial charge in [0.1, 0.15) is 0 Å². The molecule has 1 aromatic rings. The number of hydrogen-bond donors (Lipinski definition) is 1. The molecular weight excluding hydrogens is 290 g/mol. The third-order valence-electron chi connectivity index (χ3n) is 3.54. The topological polar surface area (TPSA) is 72.4 Å². The zero-order chi connectivity index (χ0) is 14.5. The van der Waals surface area contributed by atoms with Crippen molar-refractivity contribution in [2.75, 3.05) is 55.9 Å². The van der Waals surface area contributed by atoms with Crippen LogP contribution in [0.5, 0.6) is 0 Å². The quantitative estimate of drug-likeness (QED) is 0.808. The molecule has 2 fully saturated rings. The van der Waals surface area contributed by atoms with Gasteiger partial charge in [-0.1, -0.05) is 11.8 Å². The van der Waals surface area contributed by atoms with E-state index >= 15 is 0 Å². The highest BCUT2D eigenvalue weighted by Crippen LogP contribution is 2.23. The van der Waals surface area contributed by atoms with Gasteiger partial charge in [0.15, 0.2) is 5.16 Å². The molecule has 0 spiro atoms. The summed E-state index contributed by atoms with van der Waals surface area (Å²) in [5, 5.41) is 3.77. The van der Waals surface area contributed by atoms with E-state index in [9.17, 15) is 0 Å². The lowest BCUT2D eigenvalue weighted by atomic mass is 10.3. The summed E-state index contributed by atoms with van der Waals surface area (Å²) in [6, 6.07) is 0. The second kappa shape index (κ2) is 7.24. The van der Waals surface area contributed by atoms with E-state index in [1.54, 1.807) is 11.8 Å². The smallest absolute Gasteiger partial charge is 0.231 e. The minimum Gasteiger partial charge on any atom is -0.378 e. The number of hydrogen-bond acceptors (Lipinski definition) is 8. The molecule has 7 nitrogen and oxygen atoms in total. The van der Waals surface area contributed by atoms with E-state index in [1.165, 1.54) is 0 Å². The van der Waals surface area contributed by atoms with Crippen LogP contribution < -0.4 is 10.2 Å². The predicted octanol–water partition coefficient (Wildman–Crippen LogP) is 1.02. The van der Waals surface area contributed by atoms with Crippen LogP contribution >= 0.6 is 11.8 Å². The number of anilines is 2. The Labute approximate surface area is 128 Å². The van der Waals surface area contributed by atoms with Gasteiger partial charge in [0.2, 0.25) is 11.9 Å². The fraction of sp³-hybridized carbons (Fsp3) is 0.769. The van der Waals surface area contributed by atoms with Crippen LogP contribution in [0.1, 0.15) is 12.8 Å². The Kier molecular flexibility index (Phi) is 5.10. The Balaban J connectivity index is 1.69. The van der Waals surface area contributed by atoms with Crippen molar-refractivity contribution in [1.82, 2.24) is 15.0 Å². The average molecular weight is 311 g/mol. The molecule has 0 aliphatic carbocycles. The number of aromatic nitrogens is 3. The summed E-state index contributed by atoms with van der Waals surface area (Å²) in [5.74, 6) is 2.24. The SMILES string of the molecule is CNc1nc(SCC2CCCO2)nc(N2CCOCC2)n1. The molecular formula is C13H21N5O2S. The monoisotopic (exact) mass is 311 g/mol. The standard InChI is InChI=1S/C13H21N5O2S/c1-14-11-15-12(18-4-7-19-8-5-18)17-13(16-11)21-9-10-3-2-6-20-10/h10H,2-9H2,1H3,(H,14,15,16,17). The van der Waals surface area contributed by atoms with E-state index in [0.717, 1.165) is 62.6 Å². The predicted molar refractivity (Wildman–Crippen MR) is 82.1 cm³/mol. The van der Waals surface area contributed by atoms with Crippen LogP contribution in [0.4, 0.5) is 11.9 Å². The van der Waals surface area contributed by atoms with Gasteiger partial charge in [-0.15, -0.1) is 0 Å². The van der Waals surface area contributed by atoms with Crippen molar-refractivity contribution in [3.05, 3.63) is 0 Å². The van der Waals surface area contributed by atoms with Crippen LogP contribution in [0.15, 0.2) is 5.16 Å². The maximum atomic E-state index is 5.64. The van der Waals surface area contributed by atoms with Crippen LogP contribution in [0.3, 0.4) is 0 Å². The Morgan fingerprint density at radius 1 is 1.24 bits per heavy atom. The summed E-state index contributed by atoms with van der Waals surface area (Å²) in [6.07, 6.45) is 2.62. The van der Waals surface area contributed by atoms with Crippen LogP contribution in [0.25, 0.3) is 0 Å². The van der Waals surface area contributed by atoms with E-state index in [2.05, 4.69) is 25.2 Å². The van der Waals surface area contributed by atoms with Crippen molar-refractivity contribution in [3.63, 3.8) is 0 Å². The maximum Gasteiger partial charge on any atom is 0.231 e. The molecule has 2 saturated heterocycles. The molecule has 8 heteroatoms. The molecule has 3 rings (SSSR count). The molecule has 0 saturated carbocycles. The van der Waals surface area contributed by atoms with Gasteiger partial charge in [-0.05, 0) is 12.8 Å². The average Bonchev–Trinajstić information content (AvgIpc) is 3.07. The highest BCUT2D eigenvalue weighted by atomic mass is 32.2. The lowest BCUT2D eigenvalue weighted by Gasteiger charge is -2.27. The summed E-state index contributed by atoms with van der Waals surface area (Å²) in [7, 11) is 1.83. The van der Waals surface area contributed by atoms with Crippen LogP contribution in [0, 0.1) is 0 Å². The molecule has 1 N–H and O–H groups in total. The van der Waals surface area contributed by atoms with Crippen LogP contribution in [-0.2, 0) is 9.47 Å². The largest absolute Gasteiger partial charge is 0.378 e. The fourth-order valence-corrected chi connectivity index (χ4v) is 3.27. The molecule has 0 aromatic carbocycles. The van der Waals surface area contributed by atoms with Gasteiger partial charge < -0.3 is 19.7 Å². The second-order valence-electron chi connectivity index (χ2n) is 5.04. The molecule has 2 aliphatic heterocycles. The Morgan fingerprint density at radius 3 is 2.81 bits per heavy atom. The first kappa shape index (κ1) is 14.8. The molecule has 116 valence electrons. The number of ether oxygens (including phenoxy) is 2. The first-order valence-corrected chi connectivity index (χ1v) is 8.34. The maximum absolute atomic E-state index is 5.64. The second-order valence-corrected chi connectivity index (χ2v) is 6.02. The molecule has 0 bridgehead atoms. The van der Waals surface area contributed by atoms with Crippen molar-refractivity contribution in [2.24, 2.45) is 0 Å². The van der Waals surface area contributed by atoms with Gasteiger partial charge in [-0.25, -0.2) is 0 Å². The summed E-state index contributed by atoms with van der Waals surface area (Å²) in [5.41, 5.74) is 0. The van der Waals surface area contributed by atoms with Gasteiger partial charge in [0, 0.05) is 32.5 Å². The van der Waals surface area contributed by atoms with E-state index in [0.29, 0.717) is 12.1 Å². The van der Waals surface area contributed by atoms with Crippen molar-refractivity contribution in [2.45, 2.75) is 24.1 Å². The Hall–Kier alpha value is -1.12. The first-order chi connectivity index (χ1) is 10.3. The summed E-state index contributed by atoms with van der Waals surface area (Å²) >= 11 is 1.64. The molecule has 0 amide bonds. The van der Waals surface area contributed by atoms with E-state index in [-0.39, 0.29) is 0 Å². The number of thioether (sulfide) groups is 1. The van der Waals surface area contributed by atoms with Gasteiger partial charge in [0.25, 0.3) is 0 Å². The highest BCUT2D eigenvalue weighted by molar-refractivity contribution is 7.99. The summed E-state index contributed by atoms with van der Waals surface area (Å²) in [4.78, 5) is 15.6. The third-order valence-corrected chi connectivity index (χ3v) is 4.52. The molecule has 1 aromatic heterocycles. The van der Waals surface area contributed by atoms with Crippen LogP contribution in [-0.4, -0.2) is 66.8 Å². The van der Waals surface area contributed by atoms with Gasteiger partial charge in [-0.3, -0.25) is 0 Å². The number of nitrogens with zero attached hydrogens (tertiary/aromatic N) is 4. The molecule has 3 heterocycles. The summed E-state index contributed by atoms with van der Waals surface area (Å²) in [6.45, 7) is 3.97. The van der Waals surface area contributed by atoms with Crippen molar-refractivity contribution >= 4 is 23.7 Å². The molecule has 2 aliphatic rings. The minimum atomic E-state index is 0.330. The zero-order valence-corrected chi connectivity index (χ0v) is 13.1. The Bertz CT molecular complexity index is 464. The van der Waals surface area contributed by atoms with E-state index in [4.69, 9.17) is 9.47 Å². The highest BCUT2D eigenvalue weighted by Gasteiger charge is 2.19. The van der Waals surface area contributed by atoms with Crippen molar-refractivity contribution in [1.29, 1.82) is 0 Å². The number of morpholine rings is 1. The Morgan fingerprint density at radius 2 is 2.10 bits per heavy atom. The first-order valence-electron chi connectivity index (χ1n) is 7.36. The number of nitrogens with one attached hydrogen (secondary N) is 1. The van der Waals surface area contributed by atoms with Gasteiger partial charge in [0.05, 0.1) is 19.3 Å². The van der Waals surface area contributed by atoms with Gasteiger partial charge in [-0.2, -0.15) is 15.0 Å². The lowest BCUT2D eigenvalue weighted by molar-refractivity contribution is 0.122. The fourth-order valence-electron chi connectivity index (χ4n) is 2.37. The molecule has 0 radical (unpaired) electrons. The van der Waals surface area contributed by atoms with E-state index in [1.807, 2.05) is 7.05 Å². The zero-order valence-electron chi connectivity index (χ0n) is 12.2. The van der Waals surface area contributed by atoms with Crippen molar-refractivity contribution in [3.8, 4) is 0 Å². The van der Waals surface area contributed by atoms with Gasteiger partial charge >= 0.3 is 0 Å². The molecule has 1 atom stereocenters. The van der Waals surface area contributed by atoms with Crippen molar-refractivity contribution < 1.29 is 9.47 Å². The van der Waals surface area contributed by atoms with Crippen LogP contribution in [0.2, 0.25) is 0 Å². The minimum absolute atomic E-state index is 0.330. The van der Waals surface area contributed by atoms with E-state index < -0.39 is 0 Å². The molecule has 1 unspecified atom stereocenters.